The average Bonchev–Trinajstić information content (AvgIpc) is 2.86. The van der Waals surface area contributed by atoms with E-state index in [1.165, 1.54) is 27.2 Å². The molecule has 21 heavy (non-hydrogen) atoms. The van der Waals surface area contributed by atoms with Crippen molar-refractivity contribution in [3.8, 4) is 0 Å². The minimum atomic E-state index is -0.186. The quantitative estimate of drug-likeness (QED) is 0.681. The molecule has 0 aromatic carbocycles. The molecule has 9 nitrogen and oxygen atoms in total. The van der Waals surface area contributed by atoms with Gasteiger partial charge in [-0.25, -0.2) is 9.36 Å². The molecule has 0 unspecified atom stereocenters. The zero-order chi connectivity index (χ0) is 15.2. The first kappa shape index (κ1) is 15.2. The van der Waals surface area contributed by atoms with Crippen LogP contribution in [0, 0.1) is 6.92 Å². The predicted octanol–water partition coefficient (Wildman–Crippen LogP) is -1.02. The standard InChI is InChI=1S/C11H15N7O2S/c1-8-3-4-10(20)18(14-8)6-5-12-9(19)7-21-11-13-15-16-17(11)2/h3-4H,5-7H2,1-2H3,(H,12,19). The molecule has 2 aromatic heterocycles. The minimum absolute atomic E-state index is 0.149. The topological polar surface area (TPSA) is 108 Å². The molecule has 0 radical (unpaired) electrons. The molecule has 10 heteroatoms. The van der Waals surface area contributed by atoms with Crippen molar-refractivity contribution in [3.63, 3.8) is 0 Å². The van der Waals surface area contributed by atoms with E-state index in [0.717, 1.165) is 5.69 Å². The van der Waals surface area contributed by atoms with E-state index in [0.29, 0.717) is 18.2 Å². The van der Waals surface area contributed by atoms with Crippen LogP contribution in [0.15, 0.2) is 22.1 Å². The highest BCUT2D eigenvalue weighted by Gasteiger charge is 2.07. The number of aryl methyl sites for hydroxylation is 2. The highest BCUT2D eigenvalue weighted by atomic mass is 32.2. The van der Waals surface area contributed by atoms with Crippen molar-refractivity contribution in [1.29, 1.82) is 0 Å². The van der Waals surface area contributed by atoms with E-state index in [-0.39, 0.29) is 17.2 Å². The third kappa shape index (κ3) is 4.38. The summed E-state index contributed by atoms with van der Waals surface area (Å²) in [6.07, 6.45) is 0. The second-order valence-electron chi connectivity index (χ2n) is 4.26. The van der Waals surface area contributed by atoms with Crippen LogP contribution in [0.25, 0.3) is 0 Å². The number of carbonyl (C=O) groups is 1. The monoisotopic (exact) mass is 309 g/mol. The van der Waals surface area contributed by atoms with Gasteiger partial charge in [0.2, 0.25) is 11.1 Å². The molecule has 2 rings (SSSR count). The van der Waals surface area contributed by atoms with E-state index in [4.69, 9.17) is 0 Å². The van der Waals surface area contributed by atoms with Crippen LogP contribution in [0.5, 0.6) is 0 Å². The fourth-order valence-corrected chi connectivity index (χ4v) is 2.22. The van der Waals surface area contributed by atoms with Crippen LogP contribution in [0.1, 0.15) is 5.69 Å². The molecule has 0 bridgehead atoms. The van der Waals surface area contributed by atoms with Gasteiger partial charge in [0.1, 0.15) is 0 Å². The van der Waals surface area contributed by atoms with Crippen molar-refractivity contribution in [2.45, 2.75) is 18.6 Å². The highest BCUT2D eigenvalue weighted by Crippen LogP contribution is 2.10. The molecule has 1 N–H and O–H groups in total. The maximum Gasteiger partial charge on any atom is 0.266 e. The van der Waals surface area contributed by atoms with E-state index in [9.17, 15) is 9.59 Å². The highest BCUT2D eigenvalue weighted by molar-refractivity contribution is 7.99. The molecule has 0 aliphatic heterocycles. The van der Waals surface area contributed by atoms with Crippen LogP contribution in [0.3, 0.4) is 0 Å². The maximum absolute atomic E-state index is 11.7. The third-order valence-electron chi connectivity index (χ3n) is 2.56. The van der Waals surface area contributed by atoms with Gasteiger partial charge in [0.05, 0.1) is 18.0 Å². The van der Waals surface area contributed by atoms with Gasteiger partial charge in [0.25, 0.3) is 5.56 Å². The summed E-state index contributed by atoms with van der Waals surface area (Å²) in [6.45, 7) is 2.48. The van der Waals surface area contributed by atoms with Gasteiger partial charge in [-0.1, -0.05) is 11.8 Å². The number of thioether (sulfide) groups is 1. The molecule has 0 saturated carbocycles. The van der Waals surface area contributed by atoms with Gasteiger partial charge in [0, 0.05) is 19.7 Å². The fraction of sp³-hybridized carbons (Fsp3) is 0.455. The Labute approximate surface area is 124 Å². The van der Waals surface area contributed by atoms with E-state index in [1.807, 2.05) is 0 Å². The number of aromatic nitrogens is 6. The smallest absolute Gasteiger partial charge is 0.266 e. The summed E-state index contributed by atoms with van der Waals surface area (Å²) in [5.41, 5.74) is 0.570. The Morgan fingerprint density at radius 1 is 1.43 bits per heavy atom. The number of hydrogen-bond donors (Lipinski definition) is 1. The number of nitrogens with one attached hydrogen (secondary N) is 1. The summed E-state index contributed by atoms with van der Waals surface area (Å²) >= 11 is 1.24. The third-order valence-corrected chi connectivity index (χ3v) is 3.57. The van der Waals surface area contributed by atoms with Gasteiger partial charge < -0.3 is 5.32 Å². The Hall–Kier alpha value is -2.23. The summed E-state index contributed by atoms with van der Waals surface area (Å²) < 4.78 is 2.82. The Morgan fingerprint density at radius 2 is 2.24 bits per heavy atom. The van der Waals surface area contributed by atoms with Crippen molar-refractivity contribution >= 4 is 17.7 Å². The number of carbonyl (C=O) groups excluding carboxylic acids is 1. The molecule has 1 amide bonds. The number of amides is 1. The van der Waals surface area contributed by atoms with Crippen molar-refractivity contribution < 1.29 is 4.79 Å². The summed E-state index contributed by atoms with van der Waals surface area (Å²) in [4.78, 5) is 23.2. The van der Waals surface area contributed by atoms with Crippen LogP contribution in [0.4, 0.5) is 0 Å². The van der Waals surface area contributed by atoms with E-state index < -0.39 is 0 Å². The molecule has 2 aromatic rings. The lowest BCUT2D eigenvalue weighted by Gasteiger charge is -2.06. The minimum Gasteiger partial charge on any atom is -0.354 e. The zero-order valence-electron chi connectivity index (χ0n) is 11.7. The number of tetrazole rings is 1. The zero-order valence-corrected chi connectivity index (χ0v) is 12.5. The Morgan fingerprint density at radius 3 is 2.95 bits per heavy atom. The van der Waals surface area contributed by atoms with Crippen molar-refractivity contribution in [3.05, 3.63) is 28.2 Å². The summed E-state index contributed by atoms with van der Waals surface area (Å²) in [5, 5.41) is 18.3. The maximum atomic E-state index is 11.7. The second kappa shape index (κ2) is 6.97. The lowest BCUT2D eigenvalue weighted by molar-refractivity contribution is -0.118. The Bertz CT molecular complexity index is 681. The molecular weight excluding hydrogens is 294 g/mol. The van der Waals surface area contributed by atoms with Crippen LogP contribution in [0.2, 0.25) is 0 Å². The normalized spacial score (nSPS) is 10.6. The molecule has 0 fully saturated rings. The van der Waals surface area contributed by atoms with Crippen molar-refractivity contribution in [2.24, 2.45) is 7.05 Å². The predicted molar refractivity (Wildman–Crippen MR) is 75.8 cm³/mol. The van der Waals surface area contributed by atoms with Gasteiger partial charge in [-0.15, -0.1) is 5.10 Å². The summed E-state index contributed by atoms with van der Waals surface area (Å²) in [7, 11) is 1.70. The van der Waals surface area contributed by atoms with Crippen LogP contribution < -0.4 is 10.9 Å². The first-order valence-electron chi connectivity index (χ1n) is 6.23. The van der Waals surface area contributed by atoms with Gasteiger partial charge in [-0.2, -0.15) is 5.10 Å². The molecule has 0 atom stereocenters. The van der Waals surface area contributed by atoms with E-state index >= 15 is 0 Å². The Balaban J connectivity index is 1.75. The Kier molecular flexibility index (Phi) is 5.04. The number of rotatable bonds is 6. The lowest BCUT2D eigenvalue weighted by atomic mass is 10.4. The molecule has 2 heterocycles. The lowest BCUT2D eigenvalue weighted by Crippen LogP contribution is -2.32. The fourth-order valence-electron chi connectivity index (χ4n) is 1.54. The van der Waals surface area contributed by atoms with Crippen LogP contribution in [-0.4, -0.2) is 48.2 Å². The van der Waals surface area contributed by atoms with E-state index in [1.54, 1.807) is 20.0 Å². The number of hydrogen-bond acceptors (Lipinski definition) is 7. The van der Waals surface area contributed by atoms with Crippen molar-refractivity contribution in [2.75, 3.05) is 12.3 Å². The largest absolute Gasteiger partial charge is 0.354 e. The molecule has 0 aliphatic carbocycles. The van der Waals surface area contributed by atoms with Crippen LogP contribution in [-0.2, 0) is 18.4 Å². The first-order chi connectivity index (χ1) is 10.1. The number of nitrogens with zero attached hydrogens (tertiary/aromatic N) is 6. The molecule has 0 saturated heterocycles. The van der Waals surface area contributed by atoms with Gasteiger partial charge >= 0.3 is 0 Å². The molecule has 112 valence electrons. The second-order valence-corrected chi connectivity index (χ2v) is 5.20. The SMILES string of the molecule is Cc1ccc(=O)n(CCNC(=O)CSc2nnnn2C)n1. The summed E-state index contributed by atoms with van der Waals surface area (Å²) in [5.74, 6) is 0.0633. The molecular formula is C11H15N7O2S. The van der Waals surface area contributed by atoms with Gasteiger partial charge in [-0.3, -0.25) is 9.59 Å². The van der Waals surface area contributed by atoms with E-state index in [2.05, 4.69) is 25.9 Å². The first-order valence-corrected chi connectivity index (χ1v) is 7.21. The van der Waals surface area contributed by atoms with Crippen molar-refractivity contribution in [1.82, 2.24) is 35.3 Å². The van der Waals surface area contributed by atoms with Crippen LogP contribution >= 0.6 is 11.8 Å². The molecule has 0 spiro atoms. The van der Waals surface area contributed by atoms with Gasteiger partial charge in [0.15, 0.2) is 0 Å². The summed E-state index contributed by atoms with van der Waals surface area (Å²) in [6, 6.07) is 3.12. The average molecular weight is 309 g/mol. The van der Waals surface area contributed by atoms with Gasteiger partial charge in [-0.05, 0) is 23.4 Å². The molecule has 0 aliphatic rings.